The maximum atomic E-state index is 12.2. The highest BCUT2D eigenvalue weighted by atomic mass is 32.2. The lowest BCUT2D eigenvalue weighted by Gasteiger charge is -2.14. The van der Waals surface area contributed by atoms with Gasteiger partial charge >= 0.3 is 0 Å². The number of unbranched alkanes of at least 4 members (excludes halogenated alkanes) is 7. The summed E-state index contributed by atoms with van der Waals surface area (Å²) in [7, 11) is -3.05. The molecule has 1 fully saturated rings. The highest BCUT2D eigenvalue weighted by molar-refractivity contribution is 7.93. The van der Waals surface area contributed by atoms with E-state index in [0.717, 1.165) is 12.3 Å². The Bertz CT molecular complexity index is 589. The molecule has 0 spiro atoms. The summed E-state index contributed by atoms with van der Waals surface area (Å²) in [5.74, 6) is 0.657. The lowest BCUT2D eigenvalue weighted by Crippen LogP contribution is -2.21. The highest BCUT2D eigenvalue weighted by Crippen LogP contribution is 2.30. The third kappa shape index (κ3) is 6.40. The van der Waals surface area contributed by atoms with Crippen molar-refractivity contribution < 1.29 is 8.42 Å². The van der Waals surface area contributed by atoms with Gasteiger partial charge in [-0.3, -0.25) is 4.99 Å². The molecule has 142 valence electrons. The van der Waals surface area contributed by atoms with Crippen molar-refractivity contribution in [3.05, 3.63) is 24.3 Å². The van der Waals surface area contributed by atoms with Crippen LogP contribution in [-0.4, -0.2) is 31.7 Å². The molecule has 0 N–H and O–H groups in total. The van der Waals surface area contributed by atoms with E-state index in [4.69, 9.17) is 4.99 Å². The molecule has 4 heteroatoms. The van der Waals surface area contributed by atoms with Gasteiger partial charge in [-0.1, -0.05) is 89.5 Å². The van der Waals surface area contributed by atoms with Gasteiger partial charge in [-0.2, -0.15) is 0 Å². The Morgan fingerprint density at radius 2 is 1.68 bits per heavy atom. The second-order valence-electron chi connectivity index (χ2n) is 7.77. The summed E-state index contributed by atoms with van der Waals surface area (Å²) in [6.07, 6.45) is 19.6. The maximum absolute atomic E-state index is 12.2. The predicted octanol–water partition coefficient (Wildman–Crippen LogP) is 5.13. The largest absolute Gasteiger partial charge is 0.292 e. The Morgan fingerprint density at radius 1 is 1.04 bits per heavy atom. The first-order valence-corrected chi connectivity index (χ1v) is 11.9. The molecule has 0 saturated carbocycles. The van der Waals surface area contributed by atoms with Crippen LogP contribution in [0.5, 0.6) is 0 Å². The third-order valence-corrected chi connectivity index (χ3v) is 7.37. The fourth-order valence-corrected chi connectivity index (χ4v) is 5.68. The monoisotopic (exact) mass is 365 g/mol. The molecule has 0 aromatic rings. The maximum Gasteiger partial charge on any atom is 0.163 e. The van der Waals surface area contributed by atoms with Crippen molar-refractivity contribution in [1.29, 1.82) is 0 Å². The van der Waals surface area contributed by atoms with Gasteiger partial charge in [-0.25, -0.2) is 8.42 Å². The molecule has 1 aliphatic carbocycles. The van der Waals surface area contributed by atoms with Crippen LogP contribution in [0.3, 0.4) is 0 Å². The molecule has 2 rings (SSSR count). The number of hydrogen-bond acceptors (Lipinski definition) is 3. The van der Waals surface area contributed by atoms with E-state index in [-0.39, 0.29) is 16.9 Å². The molecule has 1 heterocycles. The molecule has 0 radical (unpaired) electrons. The molecular formula is C21H35NO2S. The zero-order valence-electron chi connectivity index (χ0n) is 16.0. The summed E-state index contributed by atoms with van der Waals surface area (Å²) in [5, 5.41) is -0.376. The molecule has 0 aromatic carbocycles. The lowest BCUT2D eigenvalue weighted by molar-refractivity contribution is 0.488. The van der Waals surface area contributed by atoms with Gasteiger partial charge in [0.05, 0.1) is 11.0 Å². The van der Waals surface area contributed by atoms with Crippen LogP contribution in [-0.2, 0) is 9.84 Å². The summed E-state index contributed by atoms with van der Waals surface area (Å²) in [6.45, 7) is 5.26. The van der Waals surface area contributed by atoms with Crippen LogP contribution in [0.15, 0.2) is 29.3 Å². The number of aliphatic imine (C=N–C) groups is 1. The fraction of sp³-hybridized carbons (Fsp3) is 0.762. The number of rotatable bonds is 11. The van der Waals surface area contributed by atoms with E-state index < -0.39 is 9.84 Å². The van der Waals surface area contributed by atoms with Crippen LogP contribution in [0.2, 0.25) is 0 Å². The predicted molar refractivity (Wildman–Crippen MR) is 108 cm³/mol. The normalized spacial score (nSPS) is 26.9. The van der Waals surface area contributed by atoms with Gasteiger partial charge in [0.15, 0.2) is 9.84 Å². The van der Waals surface area contributed by atoms with Gasteiger partial charge < -0.3 is 0 Å². The topological polar surface area (TPSA) is 46.5 Å². The van der Waals surface area contributed by atoms with Crippen molar-refractivity contribution in [1.82, 2.24) is 0 Å². The standard InChI is InChI=1S/C21H35NO2S/c1-3-4-5-6-7-8-9-10-13-18(2)16-22-20-17-25(23,24)21-15-12-11-14-19(20)21/h11-12,14-15,18-19,21H,3-10,13,16-17H2,1-2H3/b22-20+. The first kappa shape index (κ1) is 20.4. The van der Waals surface area contributed by atoms with Crippen LogP contribution < -0.4 is 0 Å². The minimum atomic E-state index is -3.05. The summed E-state index contributed by atoms with van der Waals surface area (Å²) in [6, 6.07) is 0. The zero-order chi connectivity index (χ0) is 18.1. The van der Waals surface area contributed by atoms with Gasteiger partial charge in [-0.05, 0) is 12.3 Å². The summed E-state index contributed by atoms with van der Waals surface area (Å²) in [4.78, 5) is 4.70. The Labute approximate surface area is 154 Å². The van der Waals surface area contributed by atoms with Crippen LogP contribution in [0.4, 0.5) is 0 Å². The van der Waals surface area contributed by atoms with E-state index in [1.165, 1.54) is 57.8 Å². The van der Waals surface area contributed by atoms with E-state index in [1.807, 2.05) is 24.3 Å². The van der Waals surface area contributed by atoms with Gasteiger partial charge in [0.2, 0.25) is 0 Å². The van der Waals surface area contributed by atoms with Crippen molar-refractivity contribution in [2.45, 2.75) is 76.9 Å². The molecule has 1 saturated heterocycles. The molecule has 25 heavy (non-hydrogen) atoms. The Kier molecular flexibility index (Phi) is 8.41. The Balaban J connectivity index is 1.66. The molecule has 3 atom stereocenters. The van der Waals surface area contributed by atoms with Gasteiger partial charge in [0.1, 0.15) is 0 Å². The third-order valence-electron chi connectivity index (χ3n) is 5.39. The number of hydrogen-bond donors (Lipinski definition) is 0. The summed E-state index contributed by atoms with van der Waals surface area (Å²) >= 11 is 0. The van der Waals surface area contributed by atoms with E-state index in [0.29, 0.717) is 5.92 Å². The number of allylic oxidation sites excluding steroid dienone is 3. The average molecular weight is 366 g/mol. The Morgan fingerprint density at radius 3 is 2.40 bits per heavy atom. The van der Waals surface area contributed by atoms with Crippen LogP contribution >= 0.6 is 0 Å². The molecule has 2 aliphatic rings. The van der Waals surface area contributed by atoms with Crippen LogP contribution in [0.1, 0.15) is 71.6 Å². The molecule has 1 aliphatic heterocycles. The minimum absolute atomic E-state index is 0.0229. The van der Waals surface area contributed by atoms with E-state index in [2.05, 4.69) is 13.8 Å². The van der Waals surface area contributed by atoms with Crippen molar-refractivity contribution in [2.24, 2.45) is 16.8 Å². The van der Waals surface area contributed by atoms with E-state index in [9.17, 15) is 8.42 Å². The molecule has 0 aromatic heterocycles. The summed E-state index contributed by atoms with van der Waals surface area (Å²) < 4.78 is 24.4. The van der Waals surface area contributed by atoms with Crippen molar-refractivity contribution in [2.75, 3.05) is 12.3 Å². The van der Waals surface area contributed by atoms with E-state index >= 15 is 0 Å². The molecule has 0 amide bonds. The number of nitrogens with zero attached hydrogens (tertiary/aromatic N) is 1. The lowest BCUT2D eigenvalue weighted by atomic mass is 9.96. The second kappa shape index (κ2) is 10.3. The van der Waals surface area contributed by atoms with Crippen LogP contribution in [0.25, 0.3) is 0 Å². The Hall–Kier alpha value is -0.900. The zero-order valence-corrected chi connectivity index (χ0v) is 16.8. The molecule has 0 bridgehead atoms. The second-order valence-corrected chi connectivity index (χ2v) is 9.93. The van der Waals surface area contributed by atoms with Crippen LogP contribution in [0, 0.1) is 11.8 Å². The molecule has 3 nitrogen and oxygen atoms in total. The summed E-state index contributed by atoms with van der Waals surface area (Å²) in [5.41, 5.74) is 0.869. The number of fused-ring (bicyclic) bond motifs is 1. The fourth-order valence-electron chi connectivity index (χ4n) is 3.77. The van der Waals surface area contributed by atoms with Gasteiger partial charge in [0, 0.05) is 18.2 Å². The number of sulfone groups is 1. The SMILES string of the molecule is CCCCCCCCCCC(C)C/N=C1\CS(=O)(=O)C2C=CC=CC12. The first-order valence-electron chi connectivity index (χ1n) is 10.1. The van der Waals surface area contributed by atoms with Crippen molar-refractivity contribution in [3.8, 4) is 0 Å². The van der Waals surface area contributed by atoms with Crippen molar-refractivity contribution in [3.63, 3.8) is 0 Å². The van der Waals surface area contributed by atoms with Gasteiger partial charge in [0.25, 0.3) is 0 Å². The first-order chi connectivity index (χ1) is 12.0. The minimum Gasteiger partial charge on any atom is -0.292 e. The van der Waals surface area contributed by atoms with Crippen molar-refractivity contribution >= 4 is 15.5 Å². The van der Waals surface area contributed by atoms with E-state index in [1.54, 1.807) is 0 Å². The average Bonchev–Trinajstić information content (AvgIpc) is 2.86. The molecule has 3 unspecified atom stereocenters. The van der Waals surface area contributed by atoms with Gasteiger partial charge in [-0.15, -0.1) is 0 Å². The quantitative estimate of drug-likeness (QED) is 0.476. The molecular weight excluding hydrogens is 330 g/mol. The smallest absolute Gasteiger partial charge is 0.163 e. The highest BCUT2D eigenvalue weighted by Gasteiger charge is 2.42.